The van der Waals surface area contributed by atoms with Crippen LogP contribution in [0, 0.1) is 0 Å². The Morgan fingerprint density at radius 2 is 1.87 bits per heavy atom. The molecule has 2 aliphatic rings. The molecular weight excluding hydrogens is 418 g/mol. The van der Waals surface area contributed by atoms with Gasteiger partial charge >= 0.3 is 0 Å². The summed E-state index contributed by atoms with van der Waals surface area (Å²) in [7, 11) is 0. The van der Waals surface area contributed by atoms with E-state index in [0.29, 0.717) is 29.4 Å². The minimum absolute atomic E-state index is 0.120. The predicted octanol–water partition coefficient (Wildman–Crippen LogP) is 2.65. The molecule has 5 rings (SSSR count). The fraction of sp³-hybridized carbons (Fsp3) is 0.318. The van der Waals surface area contributed by atoms with Gasteiger partial charge in [-0.1, -0.05) is 29.8 Å². The zero-order valence-electron chi connectivity index (χ0n) is 16.9. The smallest absolute Gasteiger partial charge is 0.251 e. The lowest BCUT2D eigenvalue weighted by Gasteiger charge is -2.20. The van der Waals surface area contributed by atoms with Gasteiger partial charge in [0.05, 0.1) is 6.54 Å². The lowest BCUT2D eigenvalue weighted by atomic mass is 10.2. The molecule has 0 atom stereocenters. The SMILES string of the molecule is O=C(NCc1nnc2n1CCN(Cc1cc3c(cc1Cl)OCO3)CC2)c1ccccc1. The second-order valence-corrected chi connectivity index (χ2v) is 7.96. The van der Waals surface area contributed by atoms with Gasteiger partial charge in [0.1, 0.15) is 5.82 Å². The van der Waals surface area contributed by atoms with Gasteiger partial charge in [-0.25, -0.2) is 0 Å². The summed E-state index contributed by atoms with van der Waals surface area (Å²) in [5.74, 6) is 3.01. The Balaban J connectivity index is 1.22. The summed E-state index contributed by atoms with van der Waals surface area (Å²) in [4.78, 5) is 14.7. The highest BCUT2D eigenvalue weighted by Gasteiger charge is 2.22. The Bertz CT molecular complexity index is 1100. The van der Waals surface area contributed by atoms with Crippen molar-refractivity contribution in [1.29, 1.82) is 0 Å². The molecule has 1 aromatic heterocycles. The Labute approximate surface area is 184 Å². The summed E-state index contributed by atoms with van der Waals surface area (Å²) in [5, 5.41) is 12.3. The first-order valence-electron chi connectivity index (χ1n) is 10.2. The van der Waals surface area contributed by atoms with Crippen molar-refractivity contribution in [2.75, 3.05) is 19.9 Å². The van der Waals surface area contributed by atoms with E-state index in [0.717, 1.165) is 49.0 Å². The third-order valence-corrected chi connectivity index (χ3v) is 5.93. The number of aromatic nitrogens is 3. The van der Waals surface area contributed by atoms with Crippen molar-refractivity contribution in [1.82, 2.24) is 25.0 Å². The monoisotopic (exact) mass is 439 g/mol. The number of hydrogen-bond acceptors (Lipinski definition) is 6. The summed E-state index contributed by atoms with van der Waals surface area (Å²) in [6.07, 6.45) is 0.780. The topological polar surface area (TPSA) is 81.5 Å². The summed E-state index contributed by atoms with van der Waals surface area (Å²) < 4.78 is 13.0. The van der Waals surface area contributed by atoms with Crippen molar-refractivity contribution in [3.05, 3.63) is 70.3 Å². The molecule has 1 amide bonds. The second-order valence-electron chi connectivity index (χ2n) is 7.56. The number of nitrogens with zero attached hydrogens (tertiary/aromatic N) is 4. The van der Waals surface area contributed by atoms with Crippen molar-refractivity contribution in [2.24, 2.45) is 0 Å². The molecule has 0 saturated carbocycles. The van der Waals surface area contributed by atoms with E-state index in [-0.39, 0.29) is 12.7 Å². The minimum atomic E-state index is -0.120. The average Bonchev–Trinajstić information content (AvgIpc) is 3.35. The van der Waals surface area contributed by atoms with E-state index in [4.69, 9.17) is 21.1 Å². The maximum atomic E-state index is 12.3. The molecule has 3 aromatic rings. The molecular formula is C22H22ClN5O3. The first kappa shape index (κ1) is 19.8. The van der Waals surface area contributed by atoms with E-state index < -0.39 is 0 Å². The third kappa shape index (κ3) is 4.22. The second kappa shape index (κ2) is 8.56. The average molecular weight is 440 g/mol. The largest absolute Gasteiger partial charge is 0.454 e. The molecule has 0 bridgehead atoms. The molecule has 0 radical (unpaired) electrons. The summed E-state index contributed by atoms with van der Waals surface area (Å²) in [6.45, 7) is 3.72. The number of carbonyl (C=O) groups is 1. The molecule has 9 heteroatoms. The normalized spacial score (nSPS) is 15.4. The fourth-order valence-corrected chi connectivity index (χ4v) is 4.10. The number of nitrogens with one attached hydrogen (secondary N) is 1. The standard InChI is InChI=1S/C22H22ClN5O3/c23-17-11-19-18(30-14-31-19)10-16(17)13-27-7-6-20-25-26-21(28(20)9-8-27)12-24-22(29)15-4-2-1-3-5-15/h1-5,10-11H,6-9,12-14H2,(H,24,29). The molecule has 0 unspecified atom stereocenters. The van der Waals surface area contributed by atoms with E-state index in [1.807, 2.05) is 30.3 Å². The minimum Gasteiger partial charge on any atom is -0.454 e. The van der Waals surface area contributed by atoms with Crippen LogP contribution in [0.2, 0.25) is 5.02 Å². The molecule has 0 aliphatic carbocycles. The van der Waals surface area contributed by atoms with Crippen LogP contribution in [0.5, 0.6) is 11.5 Å². The highest BCUT2D eigenvalue weighted by atomic mass is 35.5. The number of fused-ring (bicyclic) bond motifs is 2. The predicted molar refractivity (Wildman–Crippen MR) is 114 cm³/mol. The number of amides is 1. The number of benzene rings is 2. The van der Waals surface area contributed by atoms with E-state index in [1.165, 1.54) is 0 Å². The summed E-state index contributed by atoms with van der Waals surface area (Å²) in [5.41, 5.74) is 1.64. The third-order valence-electron chi connectivity index (χ3n) is 5.57. The molecule has 0 spiro atoms. The van der Waals surface area contributed by atoms with Gasteiger partial charge < -0.3 is 19.4 Å². The van der Waals surface area contributed by atoms with Crippen molar-refractivity contribution in [3.63, 3.8) is 0 Å². The fourth-order valence-electron chi connectivity index (χ4n) is 3.89. The van der Waals surface area contributed by atoms with Crippen LogP contribution < -0.4 is 14.8 Å². The van der Waals surface area contributed by atoms with Crippen LogP contribution in [-0.4, -0.2) is 45.5 Å². The Morgan fingerprint density at radius 1 is 1.06 bits per heavy atom. The van der Waals surface area contributed by atoms with Crippen molar-refractivity contribution < 1.29 is 14.3 Å². The van der Waals surface area contributed by atoms with Crippen LogP contribution >= 0.6 is 11.6 Å². The summed E-state index contributed by atoms with van der Waals surface area (Å²) >= 11 is 6.45. The molecule has 160 valence electrons. The van der Waals surface area contributed by atoms with E-state index in [2.05, 4.69) is 25.0 Å². The van der Waals surface area contributed by atoms with Crippen molar-refractivity contribution in [3.8, 4) is 11.5 Å². The number of carbonyl (C=O) groups excluding carboxylic acids is 1. The Kier molecular flexibility index (Phi) is 5.48. The van der Waals surface area contributed by atoms with Crippen LogP contribution in [0.3, 0.4) is 0 Å². The molecule has 0 fully saturated rings. The van der Waals surface area contributed by atoms with Gasteiger partial charge in [0.2, 0.25) is 6.79 Å². The first-order chi connectivity index (χ1) is 15.2. The molecule has 1 N–H and O–H groups in total. The van der Waals surface area contributed by atoms with E-state index in [9.17, 15) is 4.79 Å². The molecule has 31 heavy (non-hydrogen) atoms. The lowest BCUT2D eigenvalue weighted by molar-refractivity contribution is 0.0949. The maximum absolute atomic E-state index is 12.3. The highest BCUT2D eigenvalue weighted by Crippen LogP contribution is 2.37. The Hall–Kier alpha value is -3.10. The number of halogens is 1. The molecule has 8 nitrogen and oxygen atoms in total. The molecule has 3 heterocycles. The maximum Gasteiger partial charge on any atom is 0.251 e. The van der Waals surface area contributed by atoms with Crippen LogP contribution in [0.15, 0.2) is 42.5 Å². The van der Waals surface area contributed by atoms with E-state index in [1.54, 1.807) is 12.1 Å². The lowest BCUT2D eigenvalue weighted by Crippen LogP contribution is -2.28. The highest BCUT2D eigenvalue weighted by molar-refractivity contribution is 6.31. The molecule has 0 saturated heterocycles. The van der Waals surface area contributed by atoms with Gasteiger partial charge in [-0.05, 0) is 23.8 Å². The number of hydrogen-bond donors (Lipinski definition) is 1. The first-order valence-corrected chi connectivity index (χ1v) is 10.6. The van der Waals surface area contributed by atoms with Crippen molar-refractivity contribution >= 4 is 17.5 Å². The summed E-state index contributed by atoms with van der Waals surface area (Å²) in [6, 6.07) is 12.9. The zero-order valence-corrected chi connectivity index (χ0v) is 17.6. The van der Waals surface area contributed by atoms with E-state index >= 15 is 0 Å². The molecule has 2 aliphatic heterocycles. The van der Waals surface area contributed by atoms with Crippen LogP contribution in [0.4, 0.5) is 0 Å². The molecule has 2 aromatic carbocycles. The Morgan fingerprint density at radius 3 is 2.71 bits per heavy atom. The van der Waals surface area contributed by atoms with Crippen LogP contribution in [0.1, 0.15) is 27.6 Å². The number of ether oxygens (including phenoxy) is 2. The van der Waals surface area contributed by atoms with Gasteiger partial charge in [0.15, 0.2) is 17.3 Å². The quantitative estimate of drug-likeness (QED) is 0.658. The van der Waals surface area contributed by atoms with Crippen LogP contribution in [0.25, 0.3) is 0 Å². The van der Waals surface area contributed by atoms with Crippen LogP contribution in [-0.2, 0) is 26.1 Å². The van der Waals surface area contributed by atoms with Gasteiger partial charge in [0, 0.05) is 49.3 Å². The number of rotatable bonds is 5. The van der Waals surface area contributed by atoms with Crippen molar-refractivity contribution in [2.45, 2.75) is 26.1 Å². The van der Waals surface area contributed by atoms with Gasteiger partial charge in [-0.2, -0.15) is 0 Å². The zero-order chi connectivity index (χ0) is 21.2. The van der Waals surface area contributed by atoms with Gasteiger partial charge in [-0.3, -0.25) is 9.69 Å². The van der Waals surface area contributed by atoms with Gasteiger partial charge in [0.25, 0.3) is 5.91 Å². The van der Waals surface area contributed by atoms with Gasteiger partial charge in [-0.15, -0.1) is 10.2 Å².